The van der Waals surface area contributed by atoms with Crippen LogP contribution >= 0.6 is 0 Å². The lowest BCUT2D eigenvalue weighted by atomic mass is 9.97. The molecule has 1 aromatic heterocycles. The third kappa shape index (κ3) is 3.33. The van der Waals surface area contributed by atoms with Crippen molar-refractivity contribution in [2.75, 3.05) is 13.1 Å². The number of halogens is 1. The predicted molar refractivity (Wildman–Crippen MR) is 78.2 cm³/mol. The fourth-order valence-corrected chi connectivity index (χ4v) is 2.91. The highest BCUT2D eigenvalue weighted by atomic mass is 19.1. The molecule has 3 N–H and O–H groups in total. The molecule has 0 spiro atoms. The molecule has 22 heavy (non-hydrogen) atoms. The highest BCUT2D eigenvalue weighted by molar-refractivity contribution is 5.76. The van der Waals surface area contributed by atoms with Crippen LogP contribution in [0.1, 0.15) is 18.7 Å². The maximum Gasteiger partial charge on any atom is 0.250 e. The summed E-state index contributed by atoms with van der Waals surface area (Å²) in [5.41, 5.74) is 6.19. The number of piperidine rings is 1. The Morgan fingerprint density at radius 1 is 1.41 bits per heavy atom. The van der Waals surface area contributed by atoms with Gasteiger partial charge in [-0.2, -0.15) is 0 Å². The SMILES string of the molecule is NC(=O)[C@H]1CCC[NH+](Cc2ncc(-c3ccc(F)cc3)o2)C1. The van der Waals surface area contributed by atoms with Gasteiger partial charge in [0.1, 0.15) is 5.82 Å². The van der Waals surface area contributed by atoms with Crippen molar-refractivity contribution in [2.24, 2.45) is 11.7 Å². The Bertz CT molecular complexity index is 654. The van der Waals surface area contributed by atoms with Crippen LogP contribution < -0.4 is 10.6 Å². The maximum atomic E-state index is 12.9. The lowest BCUT2D eigenvalue weighted by Gasteiger charge is -2.27. The molecule has 0 saturated carbocycles. The van der Waals surface area contributed by atoms with Gasteiger partial charge in [-0.15, -0.1) is 0 Å². The highest BCUT2D eigenvalue weighted by Crippen LogP contribution is 2.20. The van der Waals surface area contributed by atoms with Crippen LogP contribution in [0.15, 0.2) is 34.9 Å². The standard InChI is InChI=1S/C16H18FN3O2/c17-13-5-3-11(4-6-13)14-8-19-15(22-14)10-20-7-1-2-12(9-20)16(18)21/h3-6,8,12H,1-2,7,9-10H2,(H2,18,21)/p+1/t12-/m0/s1. The average Bonchev–Trinajstić information content (AvgIpc) is 2.96. The number of primary amides is 1. The fourth-order valence-electron chi connectivity index (χ4n) is 2.91. The Hall–Kier alpha value is -2.21. The lowest BCUT2D eigenvalue weighted by molar-refractivity contribution is -0.922. The van der Waals surface area contributed by atoms with Crippen LogP contribution in [0.2, 0.25) is 0 Å². The molecule has 3 rings (SSSR count). The number of carbonyl (C=O) groups is 1. The van der Waals surface area contributed by atoms with Gasteiger partial charge in [0.15, 0.2) is 12.3 Å². The molecule has 0 radical (unpaired) electrons. The normalized spacial score (nSPS) is 21.7. The van der Waals surface area contributed by atoms with Gasteiger partial charge >= 0.3 is 0 Å². The van der Waals surface area contributed by atoms with E-state index in [-0.39, 0.29) is 17.6 Å². The van der Waals surface area contributed by atoms with Crippen molar-refractivity contribution >= 4 is 5.91 Å². The number of hydrogen-bond donors (Lipinski definition) is 2. The molecular formula is C16H19FN3O2+. The minimum atomic E-state index is -0.279. The van der Waals surface area contributed by atoms with Crippen molar-refractivity contribution in [2.45, 2.75) is 19.4 Å². The first-order chi connectivity index (χ1) is 10.6. The molecule has 1 fully saturated rings. The molecule has 1 aromatic carbocycles. The van der Waals surface area contributed by atoms with E-state index in [2.05, 4.69) is 4.98 Å². The highest BCUT2D eigenvalue weighted by Gasteiger charge is 2.28. The summed E-state index contributed by atoms with van der Waals surface area (Å²) in [4.78, 5) is 16.8. The summed E-state index contributed by atoms with van der Waals surface area (Å²) in [7, 11) is 0. The van der Waals surface area contributed by atoms with Crippen molar-refractivity contribution in [3.63, 3.8) is 0 Å². The molecular weight excluding hydrogens is 285 g/mol. The van der Waals surface area contributed by atoms with Gasteiger partial charge < -0.3 is 15.1 Å². The zero-order valence-electron chi connectivity index (χ0n) is 12.2. The molecule has 5 nitrogen and oxygen atoms in total. The molecule has 1 saturated heterocycles. The number of oxazole rings is 1. The first-order valence-electron chi connectivity index (χ1n) is 7.45. The van der Waals surface area contributed by atoms with Crippen LogP contribution in [-0.2, 0) is 11.3 Å². The van der Waals surface area contributed by atoms with E-state index in [1.165, 1.54) is 17.0 Å². The number of hydrogen-bond acceptors (Lipinski definition) is 3. The van der Waals surface area contributed by atoms with E-state index in [1.807, 2.05) is 0 Å². The van der Waals surface area contributed by atoms with Gasteiger partial charge in [0.05, 0.1) is 25.2 Å². The Morgan fingerprint density at radius 2 is 2.18 bits per heavy atom. The number of rotatable bonds is 4. The fraction of sp³-hybridized carbons (Fsp3) is 0.375. The molecule has 1 aliphatic rings. The minimum Gasteiger partial charge on any atom is -0.435 e. The van der Waals surface area contributed by atoms with Gasteiger partial charge in [-0.05, 0) is 37.1 Å². The summed E-state index contributed by atoms with van der Waals surface area (Å²) in [5.74, 6) is 0.683. The molecule has 2 heterocycles. The average molecular weight is 304 g/mol. The van der Waals surface area contributed by atoms with Crippen LogP contribution in [0.3, 0.4) is 0 Å². The largest absolute Gasteiger partial charge is 0.435 e. The summed E-state index contributed by atoms with van der Waals surface area (Å²) in [6.07, 6.45) is 3.50. The van der Waals surface area contributed by atoms with Gasteiger partial charge in [-0.1, -0.05) is 0 Å². The number of amides is 1. The number of nitrogens with two attached hydrogens (primary N) is 1. The zero-order chi connectivity index (χ0) is 15.5. The van der Waals surface area contributed by atoms with Gasteiger partial charge in [-0.3, -0.25) is 4.79 Å². The first kappa shape index (κ1) is 14.7. The quantitative estimate of drug-likeness (QED) is 0.876. The van der Waals surface area contributed by atoms with Crippen molar-refractivity contribution in [1.29, 1.82) is 0 Å². The summed E-state index contributed by atoms with van der Waals surface area (Å²) < 4.78 is 18.7. The van der Waals surface area contributed by atoms with E-state index < -0.39 is 0 Å². The van der Waals surface area contributed by atoms with Crippen LogP contribution in [0, 0.1) is 11.7 Å². The zero-order valence-corrected chi connectivity index (χ0v) is 12.2. The van der Waals surface area contributed by atoms with E-state index in [0.29, 0.717) is 18.2 Å². The van der Waals surface area contributed by atoms with E-state index >= 15 is 0 Å². The summed E-state index contributed by atoms with van der Waals surface area (Å²) >= 11 is 0. The van der Waals surface area contributed by atoms with Crippen molar-refractivity contribution in [3.05, 3.63) is 42.2 Å². The Labute approximate surface area is 127 Å². The molecule has 1 unspecified atom stereocenters. The van der Waals surface area contributed by atoms with Crippen molar-refractivity contribution in [1.82, 2.24) is 4.98 Å². The number of likely N-dealkylation sites (tertiary alicyclic amines) is 1. The monoisotopic (exact) mass is 304 g/mol. The van der Waals surface area contributed by atoms with E-state index in [4.69, 9.17) is 10.2 Å². The smallest absolute Gasteiger partial charge is 0.250 e. The molecule has 2 aromatic rings. The van der Waals surface area contributed by atoms with E-state index in [9.17, 15) is 9.18 Å². The predicted octanol–water partition coefficient (Wildman–Crippen LogP) is 0.761. The molecule has 1 aliphatic heterocycles. The van der Waals surface area contributed by atoms with E-state index in [0.717, 1.165) is 31.5 Å². The molecule has 116 valence electrons. The number of quaternary nitrogens is 1. The molecule has 1 amide bonds. The second kappa shape index (κ2) is 6.27. The second-order valence-corrected chi connectivity index (χ2v) is 5.75. The Kier molecular flexibility index (Phi) is 4.20. The third-order valence-corrected chi connectivity index (χ3v) is 4.10. The Balaban J connectivity index is 1.66. The van der Waals surface area contributed by atoms with Crippen LogP contribution in [0.4, 0.5) is 4.39 Å². The van der Waals surface area contributed by atoms with Crippen molar-refractivity contribution < 1.29 is 18.5 Å². The molecule has 6 heteroatoms. The number of carbonyl (C=O) groups excluding carboxylic acids is 1. The number of benzene rings is 1. The van der Waals surface area contributed by atoms with Gasteiger partial charge in [-0.25, -0.2) is 9.37 Å². The van der Waals surface area contributed by atoms with Crippen molar-refractivity contribution in [3.8, 4) is 11.3 Å². The number of nitrogens with zero attached hydrogens (tertiary/aromatic N) is 1. The summed E-state index contributed by atoms with van der Waals surface area (Å²) in [5, 5.41) is 0. The van der Waals surface area contributed by atoms with Crippen LogP contribution in [-0.4, -0.2) is 24.0 Å². The number of nitrogens with one attached hydrogen (secondary N) is 1. The van der Waals surface area contributed by atoms with Gasteiger partial charge in [0, 0.05) is 5.56 Å². The summed E-state index contributed by atoms with van der Waals surface area (Å²) in [6, 6.07) is 6.11. The Morgan fingerprint density at radius 3 is 2.91 bits per heavy atom. The van der Waals surface area contributed by atoms with Gasteiger partial charge in [0.2, 0.25) is 5.91 Å². The molecule has 2 atom stereocenters. The van der Waals surface area contributed by atoms with Crippen LogP contribution in [0.25, 0.3) is 11.3 Å². The van der Waals surface area contributed by atoms with Gasteiger partial charge in [0.25, 0.3) is 5.89 Å². The van der Waals surface area contributed by atoms with E-state index in [1.54, 1.807) is 18.3 Å². The lowest BCUT2D eigenvalue weighted by Crippen LogP contribution is -3.12. The topological polar surface area (TPSA) is 73.6 Å². The molecule has 0 aliphatic carbocycles. The van der Waals surface area contributed by atoms with Crippen LogP contribution in [0.5, 0.6) is 0 Å². The molecule has 0 bridgehead atoms. The minimum absolute atomic E-state index is 0.0599. The number of aromatic nitrogens is 1. The first-order valence-corrected chi connectivity index (χ1v) is 7.45. The maximum absolute atomic E-state index is 12.9. The third-order valence-electron chi connectivity index (χ3n) is 4.10. The summed E-state index contributed by atoms with van der Waals surface area (Å²) in [6.45, 7) is 2.34. The second-order valence-electron chi connectivity index (χ2n) is 5.75.